The largest absolute Gasteiger partial charge is 0.370 e. The van der Waals surface area contributed by atoms with E-state index in [1.165, 1.54) is 62.3 Å². The van der Waals surface area contributed by atoms with E-state index in [1.807, 2.05) is 0 Å². The van der Waals surface area contributed by atoms with Crippen LogP contribution in [-0.2, 0) is 57.5 Å². The summed E-state index contributed by atoms with van der Waals surface area (Å²) in [6.45, 7) is -4.95. The van der Waals surface area contributed by atoms with Gasteiger partial charge in [0.05, 0.1) is 117 Å². The van der Waals surface area contributed by atoms with E-state index in [1.54, 1.807) is 0 Å². The minimum atomic E-state index is -2.84. The van der Waals surface area contributed by atoms with E-state index in [4.69, 9.17) is 183 Å². The van der Waals surface area contributed by atoms with Crippen molar-refractivity contribution in [3.63, 3.8) is 0 Å². The Labute approximate surface area is 881 Å². The van der Waals surface area contributed by atoms with Crippen molar-refractivity contribution in [1.29, 1.82) is 48.7 Å². The first-order valence-electron chi connectivity index (χ1n) is 68.3. The maximum absolute atomic E-state index is 7.96. The molecule has 0 heterocycles. The summed E-state index contributed by atoms with van der Waals surface area (Å²) in [5, 5.41) is 85.5. The van der Waals surface area contributed by atoms with E-state index < -0.39 is 266 Å². The molecule has 0 bridgehead atoms. The minimum Gasteiger partial charge on any atom is -0.370 e. The monoisotopic (exact) mass is 1900 g/mol. The molecule has 0 aromatic heterocycles. The summed E-state index contributed by atoms with van der Waals surface area (Å²) in [4.78, 5) is 32.1. The number of guanidine groups is 9. The van der Waals surface area contributed by atoms with Gasteiger partial charge in [-0.05, 0) is 170 Å². The van der Waals surface area contributed by atoms with Gasteiger partial charge in [-0.25, -0.2) is 0 Å². The Bertz CT molecular complexity index is 8520. The van der Waals surface area contributed by atoms with E-state index in [2.05, 4.69) is 92.8 Å². The Hall–Kier alpha value is -16.6. The van der Waals surface area contributed by atoms with E-state index in [0.717, 1.165) is 60.7 Å². The van der Waals surface area contributed by atoms with Crippen molar-refractivity contribution < 1.29 is 82.2 Å². The minimum absolute atomic E-state index is 0.00205. The molecule has 0 saturated heterocycles. The quantitative estimate of drug-likeness (QED) is 0.0168. The van der Waals surface area contributed by atoms with Crippen LogP contribution in [0.15, 0.2) is 317 Å². The molecule has 0 fully saturated rings. The maximum atomic E-state index is 7.96. The van der Waals surface area contributed by atoms with Crippen LogP contribution in [0.2, 0.25) is 0 Å². The van der Waals surface area contributed by atoms with Crippen LogP contribution >= 0.6 is 0 Å². The zero-order valence-electron chi connectivity index (χ0n) is 134. The molecule has 9 aromatic carbocycles. The predicted molar refractivity (Wildman–Crippen MR) is 569 cm³/mol. The van der Waals surface area contributed by atoms with Crippen LogP contribution in [0.4, 0.5) is 0 Å². The van der Waals surface area contributed by atoms with E-state index >= 15 is 0 Å². The van der Waals surface area contributed by atoms with Gasteiger partial charge in [-0.3, -0.25) is 93.6 Å². The number of benzene rings is 9. The molecular formula is C99H144N36. The molecule has 36 N–H and O–H groups in total. The van der Waals surface area contributed by atoms with Crippen LogP contribution in [-0.4, -0.2) is 165 Å². The Morgan fingerprint density at radius 3 is 0.756 bits per heavy atom. The van der Waals surface area contributed by atoms with Crippen molar-refractivity contribution in [3.8, 4) is 0 Å². The lowest BCUT2D eigenvalue weighted by Gasteiger charge is -2.02. The molecule has 0 aliphatic carbocycles. The van der Waals surface area contributed by atoms with E-state index in [0.29, 0.717) is 0 Å². The Kier molecular flexibility index (Phi) is 28.6. The Morgan fingerprint density at radius 2 is 0.400 bits per heavy atom. The first-order chi connectivity index (χ1) is 88.7. The van der Waals surface area contributed by atoms with Crippen LogP contribution in [0.5, 0.6) is 0 Å². The topological polar surface area (TPSA) is 668 Å². The SMILES string of the molecule is [2H]c1c([2H])c([2H])c(C([2H])([2H])C([2H])N=C(N)NC(C)=N)c([2H])c1[2H].[2H]c1c([2H])c([2H])c(C([2H])C([2H])N=C(N)NC(C)=N)c([2H])c1[2H].[2H]c1cc(C([2H])([2H])C([2H])N=C(N)NC(C)=N)c([2H])c([2H])c1[2H].[2H]c1cc(C([2H])C([2H])N=C(N)NC(C)=N)c([2H])c([2H])c1[2H].[2H]c1cc([2H])c(C([2H])([2H])C([2H])([2H])N=C(N)NC(C)=N)cc1[2H].[2H]c1cc([2H])c(C([2H])([2H])C([2H])N=C(N)NC(C)=N)c([2H])c1[2H].[2H]c1cc([2H])c(C([2H])C([2H])([2H])N=C(N)NC(C)=N)c([2H])c1.[2H]c1cc([2H])c(C([2H])C([2H])([2H])N=C(N)NC(C)=N)cc1[2H].[2H]c1cc([2H])c(C([2H])C([2H])N=C(N)NC(C)=N)c([2H])c1[2H]. The highest BCUT2D eigenvalue weighted by Crippen LogP contribution is 2.07. The highest BCUT2D eigenvalue weighted by Gasteiger charge is 2.03. The molecule has 0 spiro atoms. The van der Waals surface area contributed by atoms with Crippen molar-refractivity contribution in [2.75, 3.05) is 58.6 Å². The lowest BCUT2D eigenvalue weighted by Crippen LogP contribution is -2.35. The number of aryl methyl sites for hydroxylation is 4. The lowest BCUT2D eigenvalue weighted by molar-refractivity contribution is 0.955. The molecule has 0 aliphatic heterocycles. The van der Waals surface area contributed by atoms with Crippen molar-refractivity contribution in [2.45, 2.75) is 120 Å². The average molecular weight is 1900 g/mol. The fourth-order valence-electron chi connectivity index (χ4n) is 6.91. The van der Waals surface area contributed by atoms with Gasteiger partial charge in [-0.2, -0.15) is 0 Å². The number of amidine groups is 9. The highest BCUT2D eigenvalue weighted by molar-refractivity contribution is 6.00. The predicted octanol–water partition coefficient (Wildman–Crippen LogP) is 10.2. The van der Waals surface area contributed by atoms with Gasteiger partial charge in [0.25, 0.3) is 0 Å². The van der Waals surface area contributed by atoms with Crippen LogP contribution < -0.4 is 99.5 Å². The fourth-order valence-corrected chi connectivity index (χ4v) is 6.91. The van der Waals surface area contributed by atoms with Crippen LogP contribution in [0, 0.1) is 48.7 Å². The number of hydrogen-bond acceptors (Lipinski definition) is 18. The van der Waals surface area contributed by atoms with Crippen molar-refractivity contribution in [2.24, 2.45) is 96.5 Å². The number of nitrogens with one attached hydrogen (secondary N) is 18. The molecule has 36 heteroatoms. The molecule has 0 radical (unpaired) electrons. The molecule has 0 aliphatic rings. The molecule has 11 unspecified atom stereocenters. The Morgan fingerprint density at radius 1 is 0.207 bits per heavy atom. The summed E-state index contributed by atoms with van der Waals surface area (Å²) in [5.41, 5.74) is 46.3. The first-order valence-corrected chi connectivity index (χ1v) is 37.5. The number of nitrogens with zero attached hydrogens (tertiary/aromatic N) is 9. The van der Waals surface area contributed by atoms with Gasteiger partial charge < -0.3 is 99.5 Å². The number of hydrogen-bond donors (Lipinski definition) is 27. The second-order valence-electron chi connectivity index (χ2n) is 23.7. The smallest absolute Gasteiger partial charge is 0.194 e. The van der Waals surface area contributed by atoms with Crippen LogP contribution in [0.1, 0.15) is 195 Å². The molecule has 0 saturated carbocycles. The third kappa shape index (κ3) is 74.0. The second kappa shape index (κ2) is 75.3. The lowest BCUT2D eigenvalue weighted by atomic mass is 10.2. The summed E-state index contributed by atoms with van der Waals surface area (Å²) < 4.78 is 462. The normalized spacial score (nSPS) is 20.8. The van der Waals surface area contributed by atoms with Gasteiger partial charge in [0, 0.05) is 76.4 Å². The zero-order chi connectivity index (χ0) is 152. The Balaban J connectivity index is 0.00000110. The molecule has 9 aromatic rings. The van der Waals surface area contributed by atoms with Gasteiger partial charge >= 0.3 is 0 Å². The standard InChI is InChI=1S/9C11H16N4/c9*1-9(12)15-11(13)14-8-7-10-5-3-2-4-6-10/h9*2-6H,7-8H2,1H3,(H4,12,13,14,15)/i2D,3D,4D,5D,6D,7D2,8D;2D,3D,4D,5D,6D,7D,8D;2D,3D,5D,6D,7D2,8D;2D,3D,5D,6D,7D,8D;2D,3D,4D,5D,7D2,8D;2D,3D,4D,5D,7D,8D;2D,5D,6D,7D,8D2;2D,3D,6D,7D2,8D2;2D,3D,6D,7D,8D2. The third-order valence-electron chi connectivity index (χ3n) is 11.7. The van der Waals surface area contributed by atoms with E-state index in [9.17, 15) is 0 Å². The van der Waals surface area contributed by atoms with Crippen molar-refractivity contribution in [1.82, 2.24) is 47.9 Å². The molecule has 9 rings (SSSR count). The highest BCUT2D eigenvalue weighted by atomic mass is 15.2. The molecule has 0 amide bonds. The molecule has 135 heavy (non-hydrogen) atoms. The van der Waals surface area contributed by atoms with Gasteiger partial charge in [-0.15, -0.1) is 0 Å². The summed E-state index contributed by atoms with van der Waals surface area (Å²) in [6.07, 6.45) is -17.9. The number of aliphatic imine (C=N–C) groups is 9. The molecule has 11 atom stereocenters. The molecule has 36 nitrogen and oxygen atoms in total. The van der Waals surface area contributed by atoms with Gasteiger partial charge in [-0.1, -0.05) is 272 Å². The third-order valence-corrected chi connectivity index (χ3v) is 11.7. The number of nitrogens with two attached hydrogens (primary N) is 9. The van der Waals surface area contributed by atoms with Gasteiger partial charge in [0.1, 0.15) is 0 Å². The molecular weight excluding hydrogens is 1690 g/mol. The van der Waals surface area contributed by atoms with Crippen LogP contribution in [0.3, 0.4) is 0 Å². The van der Waals surface area contributed by atoms with Crippen LogP contribution in [0.25, 0.3) is 0 Å². The maximum Gasteiger partial charge on any atom is 0.194 e. The number of rotatable bonds is 27. The summed E-state index contributed by atoms with van der Waals surface area (Å²) >= 11 is 0. The first kappa shape index (κ1) is 51.3. The average Bonchev–Trinajstić information content (AvgIpc) is 0.759. The summed E-state index contributed by atoms with van der Waals surface area (Å²) in [6, 6.07) is -4.69. The van der Waals surface area contributed by atoms with E-state index in [-0.39, 0.29) is 218 Å². The fraction of sp³-hybridized carbons (Fsp3) is 0.273. The molecule has 720 valence electrons. The van der Waals surface area contributed by atoms with Crippen molar-refractivity contribution >= 4 is 106 Å². The zero-order valence-corrected chi connectivity index (χ0v) is 73.8. The second-order valence-corrected chi connectivity index (χ2v) is 23.7. The van der Waals surface area contributed by atoms with Crippen molar-refractivity contribution in [3.05, 3.63) is 322 Å². The van der Waals surface area contributed by atoms with Gasteiger partial charge in [0.15, 0.2) is 53.6 Å². The summed E-state index contributed by atoms with van der Waals surface area (Å²) in [5.74, 6) is -3.11. The summed E-state index contributed by atoms with van der Waals surface area (Å²) in [7, 11) is 0. The van der Waals surface area contributed by atoms with Gasteiger partial charge in [0.2, 0.25) is 0 Å².